The molecule has 2 aromatic carbocycles. The van der Waals surface area contributed by atoms with Crippen LogP contribution < -0.4 is 15.1 Å². The number of halogens is 2. The van der Waals surface area contributed by atoms with Crippen molar-refractivity contribution in [3.8, 4) is 0 Å². The van der Waals surface area contributed by atoms with Crippen LogP contribution >= 0.6 is 24.0 Å². The Balaban J connectivity index is 0.00000324. The van der Waals surface area contributed by atoms with E-state index in [1.807, 2.05) is 12.1 Å². The van der Waals surface area contributed by atoms with Gasteiger partial charge in [0.15, 0.2) is 0 Å². The average Bonchev–Trinajstić information content (AvgIpc) is 2.77. The zero-order valence-electron chi connectivity index (χ0n) is 21.0. The van der Waals surface area contributed by atoms with Gasteiger partial charge in [0, 0.05) is 59.4 Å². The molecule has 1 aromatic heterocycles. The fourth-order valence-corrected chi connectivity index (χ4v) is 4.87. The van der Waals surface area contributed by atoms with Gasteiger partial charge in [-0.05, 0) is 71.2 Å². The molecule has 1 fully saturated rings. The number of rotatable bonds is 6. The smallest absolute Gasteiger partial charge is 0.131 e. The van der Waals surface area contributed by atoms with E-state index in [2.05, 4.69) is 92.2 Å². The summed E-state index contributed by atoms with van der Waals surface area (Å²) >= 11 is 6.11. The van der Waals surface area contributed by atoms with Crippen molar-refractivity contribution in [1.82, 2.24) is 10.3 Å². The number of nitrogens with zero attached hydrogens (tertiary/aromatic N) is 3. The van der Waals surface area contributed by atoms with Gasteiger partial charge >= 0.3 is 0 Å². The fraction of sp³-hybridized carbons (Fsp3) is 0.464. The third kappa shape index (κ3) is 6.56. The Morgan fingerprint density at radius 1 is 1.06 bits per heavy atom. The zero-order chi connectivity index (χ0) is 23.6. The molecule has 4 nitrogen and oxygen atoms in total. The molecule has 1 aliphatic rings. The number of fused-ring (bicyclic) bond motifs is 1. The monoisotopic (exact) mass is 500 g/mol. The maximum Gasteiger partial charge on any atom is 0.131 e. The van der Waals surface area contributed by atoms with Gasteiger partial charge in [-0.2, -0.15) is 0 Å². The Labute approximate surface area is 216 Å². The highest BCUT2D eigenvalue weighted by Gasteiger charge is 2.25. The predicted molar refractivity (Wildman–Crippen MR) is 150 cm³/mol. The molecular weight excluding hydrogens is 463 g/mol. The molecule has 0 amide bonds. The molecule has 3 aromatic rings. The summed E-state index contributed by atoms with van der Waals surface area (Å²) in [5.41, 5.74) is 3.75. The summed E-state index contributed by atoms with van der Waals surface area (Å²) in [5, 5.41) is 5.79. The minimum atomic E-state index is 0. The van der Waals surface area contributed by atoms with Gasteiger partial charge in [-0.3, -0.25) is 0 Å². The molecule has 6 heteroatoms. The van der Waals surface area contributed by atoms with Gasteiger partial charge in [-0.15, -0.1) is 12.4 Å². The first-order chi connectivity index (χ1) is 15.7. The van der Waals surface area contributed by atoms with Crippen LogP contribution in [0.5, 0.6) is 0 Å². The molecule has 0 atom stereocenters. The number of hydrogen-bond acceptors (Lipinski definition) is 4. The molecular formula is C28H38Cl2N4. The van der Waals surface area contributed by atoms with E-state index in [1.54, 1.807) is 0 Å². The summed E-state index contributed by atoms with van der Waals surface area (Å²) in [4.78, 5) is 10.0. The first-order valence-electron chi connectivity index (χ1n) is 12.1. The number of benzene rings is 2. The molecule has 1 N–H and O–H groups in total. The Kier molecular flexibility index (Phi) is 8.72. The second-order valence-electron chi connectivity index (χ2n) is 10.5. The predicted octanol–water partition coefficient (Wildman–Crippen LogP) is 7.08. The van der Waals surface area contributed by atoms with Crippen molar-refractivity contribution in [3.63, 3.8) is 0 Å². The molecule has 0 bridgehead atoms. The third-order valence-electron chi connectivity index (χ3n) is 6.34. The number of pyridine rings is 1. The number of para-hydroxylation sites is 1. The lowest BCUT2D eigenvalue weighted by atomic mass is 9.99. The van der Waals surface area contributed by atoms with Gasteiger partial charge in [-0.1, -0.05) is 41.9 Å². The van der Waals surface area contributed by atoms with Crippen LogP contribution in [0.2, 0.25) is 5.02 Å². The SMILES string of the molecule is CC(C)N(Cc1ccc(Cl)cc1)c1cc(N2CCC(NC(C)(C)C)CC2)c2ccccc2n1.Cl. The van der Waals surface area contributed by atoms with E-state index in [0.717, 1.165) is 48.8 Å². The van der Waals surface area contributed by atoms with Gasteiger partial charge in [0.1, 0.15) is 5.82 Å². The molecule has 1 saturated heterocycles. The molecule has 0 radical (unpaired) electrons. The van der Waals surface area contributed by atoms with Crippen molar-refractivity contribution in [2.24, 2.45) is 0 Å². The minimum absolute atomic E-state index is 0. The molecule has 1 aliphatic heterocycles. The second-order valence-corrected chi connectivity index (χ2v) is 11.0. The lowest BCUT2D eigenvalue weighted by Gasteiger charge is -2.38. The highest BCUT2D eigenvalue weighted by atomic mass is 35.5. The van der Waals surface area contributed by atoms with Gasteiger partial charge in [0.2, 0.25) is 0 Å². The average molecular weight is 502 g/mol. The van der Waals surface area contributed by atoms with Crippen LogP contribution in [0.15, 0.2) is 54.6 Å². The first-order valence-corrected chi connectivity index (χ1v) is 12.5. The van der Waals surface area contributed by atoms with Crippen molar-refractivity contribution in [2.75, 3.05) is 22.9 Å². The van der Waals surface area contributed by atoms with E-state index < -0.39 is 0 Å². The lowest BCUT2D eigenvalue weighted by Crippen LogP contribution is -2.49. The summed E-state index contributed by atoms with van der Waals surface area (Å²) in [7, 11) is 0. The van der Waals surface area contributed by atoms with Crippen LogP contribution in [-0.2, 0) is 6.54 Å². The molecule has 0 aliphatic carbocycles. The molecule has 0 unspecified atom stereocenters. The molecule has 0 saturated carbocycles. The van der Waals surface area contributed by atoms with Crippen LogP contribution in [0.4, 0.5) is 11.5 Å². The largest absolute Gasteiger partial charge is 0.371 e. The minimum Gasteiger partial charge on any atom is -0.371 e. The molecule has 2 heterocycles. The van der Waals surface area contributed by atoms with E-state index >= 15 is 0 Å². The summed E-state index contributed by atoms with van der Waals surface area (Å²) in [6, 6.07) is 19.9. The normalized spacial score (nSPS) is 15.0. The Morgan fingerprint density at radius 2 is 1.71 bits per heavy atom. The van der Waals surface area contributed by atoms with Crippen molar-refractivity contribution in [2.45, 2.75) is 71.6 Å². The first kappa shape index (κ1) is 26.6. The van der Waals surface area contributed by atoms with Crippen LogP contribution in [0, 0.1) is 0 Å². The van der Waals surface area contributed by atoms with Crippen molar-refractivity contribution >= 4 is 46.4 Å². The van der Waals surface area contributed by atoms with Crippen molar-refractivity contribution in [1.29, 1.82) is 0 Å². The van der Waals surface area contributed by atoms with Gasteiger partial charge in [0.25, 0.3) is 0 Å². The van der Waals surface area contributed by atoms with Crippen LogP contribution in [-0.4, -0.2) is 35.7 Å². The van der Waals surface area contributed by atoms with E-state index in [9.17, 15) is 0 Å². The summed E-state index contributed by atoms with van der Waals surface area (Å²) in [6.45, 7) is 14.1. The Morgan fingerprint density at radius 3 is 2.32 bits per heavy atom. The maximum absolute atomic E-state index is 6.11. The van der Waals surface area contributed by atoms with Gasteiger partial charge in [-0.25, -0.2) is 4.98 Å². The Hall–Kier alpha value is -2.01. The van der Waals surface area contributed by atoms with Crippen molar-refractivity contribution < 1.29 is 0 Å². The topological polar surface area (TPSA) is 31.4 Å². The maximum atomic E-state index is 6.11. The fourth-order valence-electron chi connectivity index (χ4n) is 4.74. The molecule has 0 spiro atoms. The number of aromatic nitrogens is 1. The van der Waals surface area contributed by atoms with Crippen LogP contribution in [0.1, 0.15) is 53.0 Å². The van der Waals surface area contributed by atoms with E-state index in [4.69, 9.17) is 16.6 Å². The van der Waals surface area contributed by atoms with E-state index in [-0.39, 0.29) is 17.9 Å². The van der Waals surface area contributed by atoms with Crippen LogP contribution in [0.3, 0.4) is 0 Å². The lowest BCUT2D eigenvalue weighted by molar-refractivity contribution is 0.317. The molecule has 4 rings (SSSR count). The van der Waals surface area contributed by atoms with Crippen LogP contribution in [0.25, 0.3) is 10.9 Å². The third-order valence-corrected chi connectivity index (χ3v) is 6.59. The standard InChI is InChI=1S/C28H37ClN4.ClH/c1-20(2)33(19-21-10-12-22(29)13-11-21)27-18-26(24-8-6-7-9-25(24)30-27)32-16-14-23(15-17-32)31-28(3,4)5;/h6-13,18,20,23,31H,14-17,19H2,1-5H3;1H. The van der Waals surface area contributed by atoms with E-state index in [0.29, 0.717) is 12.1 Å². The highest BCUT2D eigenvalue weighted by molar-refractivity contribution is 6.30. The highest BCUT2D eigenvalue weighted by Crippen LogP contribution is 2.33. The quantitative estimate of drug-likeness (QED) is 0.391. The second kappa shape index (κ2) is 11.2. The number of hydrogen-bond donors (Lipinski definition) is 1. The van der Waals surface area contributed by atoms with Gasteiger partial charge in [0.05, 0.1) is 5.52 Å². The van der Waals surface area contributed by atoms with Crippen molar-refractivity contribution in [3.05, 3.63) is 65.2 Å². The Bertz CT molecular complexity index is 1070. The van der Waals surface area contributed by atoms with E-state index in [1.165, 1.54) is 16.6 Å². The number of anilines is 2. The summed E-state index contributed by atoms with van der Waals surface area (Å²) in [6.07, 6.45) is 2.31. The number of piperidine rings is 1. The van der Waals surface area contributed by atoms with Gasteiger partial charge < -0.3 is 15.1 Å². The molecule has 34 heavy (non-hydrogen) atoms. The zero-order valence-corrected chi connectivity index (χ0v) is 22.6. The summed E-state index contributed by atoms with van der Waals surface area (Å²) < 4.78 is 0. The summed E-state index contributed by atoms with van der Waals surface area (Å²) in [5.74, 6) is 1.03. The molecule has 184 valence electrons. The number of nitrogens with one attached hydrogen (secondary N) is 1.